The van der Waals surface area contributed by atoms with Crippen LogP contribution in [0.15, 0.2) is 64.6 Å². The molecule has 0 N–H and O–H groups in total. The van der Waals surface area contributed by atoms with Gasteiger partial charge < -0.3 is 0 Å². The van der Waals surface area contributed by atoms with Crippen molar-refractivity contribution in [2.45, 2.75) is 15.4 Å². The number of hydrogen-bond acceptors (Lipinski definition) is 5. The fourth-order valence-electron chi connectivity index (χ4n) is 2.46. The Labute approximate surface area is 169 Å². The summed E-state index contributed by atoms with van der Waals surface area (Å²) in [4.78, 5) is 3.69. The summed E-state index contributed by atoms with van der Waals surface area (Å²) in [6.07, 6.45) is 1.74. The van der Waals surface area contributed by atoms with E-state index in [0.717, 1.165) is 17.0 Å². The van der Waals surface area contributed by atoms with Gasteiger partial charge in [0.1, 0.15) is 5.82 Å². The number of aromatic nitrogens is 2. The van der Waals surface area contributed by atoms with Crippen molar-refractivity contribution in [3.05, 3.63) is 59.8 Å². The summed E-state index contributed by atoms with van der Waals surface area (Å²) < 4.78 is 86.9. The Morgan fingerprint density at radius 1 is 0.931 bits per heavy atom. The maximum atomic E-state index is 13.0. The number of alkyl halides is 3. The minimum absolute atomic E-state index is 0.00227. The van der Waals surface area contributed by atoms with Crippen LogP contribution in [0.3, 0.4) is 0 Å². The third-order valence-electron chi connectivity index (χ3n) is 3.91. The second-order valence-corrected chi connectivity index (χ2v) is 10.3. The number of halogens is 4. The van der Waals surface area contributed by atoms with Crippen LogP contribution in [0.4, 0.5) is 13.2 Å². The highest BCUT2D eigenvalue weighted by Crippen LogP contribution is 2.33. The normalized spacial score (nSPS) is 12.9. The summed E-state index contributed by atoms with van der Waals surface area (Å²) in [6.45, 7) is 0. The maximum Gasteiger partial charge on any atom is 0.503 e. The molecule has 0 bridgehead atoms. The highest BCUT2D eigenvalue weighted by atomic mass is 35.5. The van der Waals surface area contributed by atoms with Gasteiger partial charge in [-0.25, -0.2) is 21.8 Å². The zero-order chi connectivity index (χ0) is 21.6. The van der Waals surface area contributed by atoms with Gasteiger partial charge >= 0.3 is 5.51 Å². The van der Waals surface area contributed by atoms with E-state index in [9.17, 15) is 30.0 Å². The topological polar surface area (TPSA) is 86.1 Å². The molecule has 0 aliphatic carbocycles. The molecule has 0 aliphatic rings. The Morgan fingerprint density at radius 2 is 1.48 bits per heavy atom. The third-order valence-corrected chi connectivity index (χ3v) is 6.65. The minimum Gasteiger partial charge on any atom is -0.298 e. The lowest BCUT2D eigenvalue weighted by Crippen LogP contribution is -2.23. The molecule has 0 saturated carbocycles. The Balaban J connectivity index is 2.23. The smallest absolute Gasteiger partial charge is 0.298 e. The molecule has 0 unspecified atom stereocenters. The van der Waals surface area contributed by atoms with Crippen molar-refractivity contribution >= 4 is 31.3 Å². The van der Waals surface area contributed by atoms with Gasteiger partial charge in [0, 0.05) is 28.7 Å². The van der Waals surface area contributed by atoms with Crippen LogP contribution in [0.25, 0.3) is 17.1 Å². The summed E-state index contributed by atoms with van der Waals surface area (Å²) in [6, 6.07) is 11.1. The molecule has 1 heterocycles. The van der Waals surface area contributed by atoms with Crippen LogP contribution >= 0.6 is 11.6 Å². The maximum absolute atomic E-state index is 13.0. The van der Waals surface area contributed by atoms with E-state index in [4.69, 9.17) is 11.6 Å². The number of nitrogens with zero attached hydrogens (tertiary/aromatic N) is 2. The molecule has 0 saturated heterocycles. The number of sulfone groups is 2. The molecular formula is C17H12ClF3N2O4S2. The molecule has 12 heteroatoms. The van der Waals surface area contributed by atoms with Crippen molar-refractivity contribution in [3.63, 3.8) is 0 Å². The Bertz CT molecular complexity index is 1270. The molecule has 6 nitrogen and oxygen atoms in total. The number of imidazole rings is 1. The zero-order valence-corrected chi connectivity index (χ0v) is 16.9. The standard InChI is InChI=1S/C17H12ClF3N2O4S2/c1-28(24,25)14-8-6-13(7-9-14)23-10-15(29(26,27)17(19,20)21)22-16(23)11-2-4-12(18)5-3-11/h2-10H,1H3. The highest BCUT2D eigenvalue weighted by molar-refractivity contribution is 7.92. The molecule has 3 aromatic rings. The summed E-state index contributed by atoms with van der Waals surface area (Å²) in [7, 11) is -9.18. The van der Waals surface area contributed by atoms with Gasteiger partial charge in [0.25, 0.3) is 9.84 Å². The van der Waals surface area contributed by atoms with E-state index >= 15 is 0 Å². The van der Waals surface area contributed by atoms with Gasteiger partial charge in [0.2, 0.25) is 0 Å². The van der Waals surface area contributed by atoms with E-state index in [1.165, 1.54) is 48.5 Å². The molecular weight excluding hydrogens is 453 g/mol. The Hall–Kier alpha value is -2.37. The summed E-state index contributed by atoms with van der Waals surface area (Å²) in [5.41, 5.74) is -4.99. The van der Waals surface area contributed by atoms with Crippen molar-refractivity contribution < 1.29 is 30.0 Å². The second kappa shape index (κ2) is 7.15. The Morgan fingerprint density at radius 3 is 1.97 bits per heavy atom. The predicted octanol–water partition coefficient (Wildman–Crippen LogP) is 3.89. The van der Waals surface area contributed by atoms with Crippen LogP contribution in [-0.4, -0.2) is 38.2 Å². The molecule has 2 aromatic carbocycles. The van der Waals surface area contributed by atoms with E-state index in [1.54, 1.807) is 0 Å². The minimum atomic E-state index is -5.69. The quantitative estimate of drug-likeness (QED) is 0.584. The van der Waals surface area contributed by atoms with Gasteiger partial charge in [-0.3, -0.25) is 4.57 Å². The van der Waals surface area contributed by atoms with Gasteiger partial charge in [-0.1, -0.05) is 11.6 Å². The summed E-state index contributed by atoms with van der Waals surface area (Å²) in [5.74, 6) is -0.0865. The largest absolute Gasteiger partial charge is 0.503 e. The van der Waals surface area contributed by atoms with E-state index < -0.39 is 30.2 Å². The lowest BCUT2D eigenvalue weighted by Gasteiger charge is -2.08. The van der Waals surface area contributed by atoms with E-state index in [-0.39, 0.29) is 16.4 Å². The van der Waals surface area contributed by atoms with Crippen LogP contribution < -0.4 is 0 Å². The fourth-order valence-corrected chi connectivity index (χ4v) is 3.90. The molecule has 0 radical (unpaired) electrons. The van der Waals surface area contributed by atoms with Gasteiger partial charge in [0.05, 0.1) is 4.90 Å². The van der Waals surface area contributed by atoms with Crippen molar-refractivity contribution in [1.29, 1.82) is 0 Å². The van der Waals surface area contributed by atoms with Gasteiger partial charge in [-0.05, 0) is 48.5 Å². The van der Waals surface area contributed by atoms with Crippen molar-refractivity contribution in [2.75, 3.05) is 6.26 Å². The summed E-state index contributed by atoms with van der Waals surface area (Å²) >= 11 is 5.82. The number of rotatable bonds is 4. The van der Waals surface area contributed by atoms with Crippen LogP contribution in [-0.2, 0) is 19.7 Å². The molecule has 29 heavy (non-hydrogen) atoms. The van der Waals surface area contributed by atoms with E-state index in [0.29, 0.717) is 10.6 Å². The molecule has 154 valence electrons. The lowest BCUT2D eigenvalue weighted by molar-refractivity contribution is -0.0437. The van der Waals surface area contributed by atoms with Crippen molar-refractivity contribution in [2.24, 2.45) is 0 Å². The zero-order valence-electron chi connectivity index (χ0n) is 14.6. The van der Waals surface area contributed by atoms with Crippen LogP contribution in [0.1, 0.15) is 0 Å². The number of hydrogen-bond donors (Lipinski definition) is 0. The first-order valence-corrected chi connectivity index (χ1v) is 11.5. The molecule has 0 atom stereocenters. The van der Waals surface area contributed by atoms with Crippen LogP contribution in [0.2, 0.25) is 5.02 Å². The third kappa shape index (κ3) is 4.16. The SMILES string of the molecule is CS(=O)(=O)c1ccc(-n2cc(S(=O)(=O)C(F)(F)F)nc2-c2ccc(Cl)cc2)cc1. The monoisotopic (exact) mass is 464 g/mol. The number of benzene rings is 2. The summed E-state index contributed by atoms with van der Waals surface area (Å²) in [5, 5.41) is -0.811. The lowest BCUT2D eigenvalue weighted by atomic mass is 10.2. The van der Waals surface area contributed by atoms with E-state index in [2.05, 4.69) is 4.98 Å². The molecule has 1 aromatic heterocycles. The second-order valence-electron chi connectivity index (χ2n) is 5.99. The van der Waals surface area contributed by atoms with Crippen molar-refractivity contribution in [3.8, 4) is 17.1 Å². The fraction of sp³-hybridized carbons (Fsp3) is 0.118. The van der Waals surface area contributed by atoms with Crippen LogP contribution in [0, 0.1) is 0 Å². The Kier molecular flexibility index (Phi) is 5.26. The van der Waals surface area contributed by atoms with Crippen LogP contribution in [0.5, 0.6) is 0 Å². The first kappa shape index (κ1) is 21.3. The molecule has 0 aliphatic heterocycles. The average molecular weight is 465 g/mol. The van der Waals surface area contributed by atoms with Gasteiger partial charge in [-0.2, -0.15) is 13.2 Å². The van der Waals surface area contributed by atoms with E-state index in [1.807, 2.05) is 0 Å². The molecule has 0 spiro atoms. The predicted molar refractivity (Wildman–Crippen MR) is 100 cm³/mol. The first-order valence-electron chi connectivity index (χ1n) is 7.78. The molecule has 3 rings (SSSR count). The van der Waals surface area contributed by atoms with Gasteiger partial charge in [0.15, 0.2) is 14.9 Å². The van der Waals surface area contributed by atoms with Crippen molar-refractivity contribution in [1.82, 2.24) is 9.55 Å². The first-order chi connectivity index (χ1) is 13.3. The molecule has 0 fully saturated rings. The molecule has 0 amide bonds. The average Bonchev–Trinajstić information content (AvgIpc) is 3.07. The van der Waals surface area contributed by atoms with Gasteiger partial charge in [-0.15, -0.1) is 0 Å². The highest BCUT2D eigenvalue weighted by Gasteiger charge is 2.48.